The topological polar surface area (TPSA) is 0 Å². The molecule has 0 rings (SSSR count). The summed E-state index contributed by atoms with van der Waals surface area (Å²) in [4.78, 5) is 0. The van der Waals surface area contributed by atoms with Gasteiger partial charge < -0.3 is 4.48 Å². The largest absolute Gasteiger partial charge is 0.327 e. The standard InChI is InChI=1S/C9H22N/c1-6-8-9(3)10(4,5)7-2/h9H,6-8H2,1-5H3/q+1. The quantitative estimate of drug-likeness (QED) is 0.531. The minimum Gasteiger partial charge on any atom is -0.327 e. The van der Waals surface area contributed by atoms with Gasteiger partial charge in [0.1, 0.15) is 0 Å². The summed E-state index contributed by atoms with van der Waals surface area (Å²) in [6, 6.07) is 0.815. The summed E-state index contributed by atoms with van der Waals surface area (Å²) in [7, 11) is 4.61. The molecule has 0 aliphatic heterocycles. The van der Waals surface area contributed by atoms with Crippen LogP contribution in [0.25, 0.3) is 0 Å². The lowest BCUT2D eigenvalue weighted by Crippen LogP contribution is -2.46. The Kier molecular flexibility index (Phi) is 3.95. The molecule has 0 spiro atoms. The van der Waals surface area contributed by atoms with Crippen LogP contribution in [0.2, 0.25) is 0 Å². The van der Waals surface area contributed by atoms with Crippen molar-refractivity contribution in [3.8, 4) is 0 Å². The molecule has 0 heterocycles. The SMILES string of the molecule is CCCC(C)[N+](C)(C)CC. The fraction of sp³-hybridized carbons (Fsp3) is 1.00. The summed E-state index contributed by atoms with van der Waals surface area (Å²) in [6.07, 6.45) is 2.66. The second-order valence-corrected chi connectivity index (χ2v) is 3.73. The zero-order valence-electron chi connectivity index (χ0n) is 8.15. The van der Waals surface area contributed by atoms with Crippen molar-refractivity contribution in [2.75, 3.05) is 20.6 Å². The Morgan fingerprint density at radius 3 is 2.00 bits per heavy atom. The maximum atomic E-state index is 2.34. The summed E-state index contributed by atoms with van der Waals surface area (Å²) in [6.45, 7) is 8.09. The van der Waals surface area contributed by atoms with Crippen LogP contribution in [0, 0.1) is 0 Å². The first kappa shape index (κ1) is 9.96. The summed E-state index contributed by atoms with van der Waals surface area (Å²) in [5, 5.41) is 0. The monoisotopic (exact) mass is 144 g/mol. The van der Waals surface area contributed by atoms with Gasteiger partial charge in [-0.2, -0.15) is 0 Å². The minimum atomic E-state index is 0.815. The van der Waals surface area contributed by atoms with Crippen LogP contribution >= 0.6 is 0 Å². The van der Waals surface area contributed by atoms with Crippen molar-refractivity contribution in [1.29, 1.82) is 0 Å². The van der Waals surface area contributed by atoms with Crippen LogP contribution in [0.5, 0.6) is 0 Å². The zero-order chi connectivity index (χ0) is 8.20. The molecule has 0 aromatic carbocycles. The number of quaternary nitrogens is 1. The molecule has 1 atom stereocenters. The van der Waals surface area contributed by atoms with E-state index in [2.05, 4.69) is 34.9 Å². The summed E-state index contributed by atoms with van der Waals surface area (Å²) in [5.74, 6) is 0. The molecule has 0 N–H and O–H groups in total. The van der Waals surface area contributed by atoms with Crippen LogP contribution < -0.4 is 0 Å². The van der Waals surface area contributed by atoms with E-state index in [1.807, 2.05) is 0 Å². The van der Waals surface area contributed by atoms with Crippen molar-refractivity contribution >= 4 is 0 Å². The lowest BCUT2D eigenvalue weighted by Gasteiger charge is -2.35. The van der Waals surface area contributed by atoms with Gasteiger partial charge in [-0.15, -0.1) is 0 Å². The fourth-order valence-electron chi connectivity index (χ4n) is 1.08. The van der Waals surface area contributed by atoms with E-state index < -0.39 is 0 Å². The smallest absolute Gasteiger partial charge is 0.0857 e. The van der Waals surface area contributed by atoms with Crippen LogP contribution in [0.4, 0.5) is 0 Å². The predicted molar refractivity (Wildman–Crippen MR) is 47.0 cm³/mol. The number of nitrogens with zero attached hydrogens (tertiary/aromatic N) is 1. The second kappa shape index (κ2) is 3.97. The molecule has 0 aromatic rings. The summed E-state index contributed by atoms with van der Waals surface area (Å²) < 4.78 is 1.16. The van der Waals surface area contributed by atoms with E-state index in [1.165, 1.54) is 19.4 Å². The van der Waals surface area contributed by atoms with Gasteiger partial charge in [0.2, 0.25) is 0 Å². The normalized spacial score (nSPS) is 15.3. The van der Waals surface area contributed by atoms with Gasteiger partial charge in [0.15, 0.2) is 0 Å². The third kappa shape index (κ3) is 2.70. The molecule has 0 saturated heterocycles. The van der Waals surface area contributed by atoms with Crippen LogP contribution in [-0.2, 0) is 0 Å². The van der Waals surface area contributed by atoms with Crippen molar-refractivity contribution < 1.29 is 4.48 Å². The third-order valence-electron chi connectivity index (χ3n) is 2.71. The van der Waals surface area contributed by atoms with E-state index in [4.69, 9.17) is 0 Å². The zero-order valence-corrected chi connectivity index (χ0v) is 8.15. The average Bonchev–Trinajstić information content (AvgIpc) is 1.89. The Labute approximate surface area is 65.6 Å². The first-order valence-electron chi connectivity index (χ1n) is 4.37. The van der Waals surface area contributed by atoms with Gasteiger partial charge in [0.05, 0.1) is 26.7 Å². The molecular formula is C9H22N+. The van der Waals surface area contributed by atoms with Crippen molar-refractivity contribution in [2.24, 2.45) is 0 Å². The molecule has 0 radical (unpaired) electrons. The van der Waals surface area contributed by atoms with Gasteiger partial charge in [0.25, 0.3) is 0 Å². The van der Waals surface area contributed by atoms with E-state index in [-0.39, 0.29) is 0 Å². The molecule has 10 heavy (non-hydrogen) atoms. The van der Waals surface area contributed by atoms with E-state index in [0.717, 1.165) is 10.5 Å². The molecule has 0 saturated carbocycles. The van der Waals surface area contributed by atoms with E-state index >= 15 is 0 Å². The molecular weight excluding hydrogens is 122 g/mol. The highest BCUT2D eigenvalue weighted by molar-refractivity contribution is 4.48. The number of hydrogen-bond acceptors (Lipinski definition) is 0. The van der Waals surface area contributed by atoms with Gasteiger partial charge in [-0.1, -0.05) is 13.3 Å². The van der Waals surface area contributed by atoms with Gasteiger partial charge in [-0.3, -0.25) is 0 Å². The Hall–Kier alpha value is -0.0400. The Morgan fingerprint density at radius 1 is 1.20 bits per heavy atom. The highest BCUT2D eigenvalue weighted by Gasteiger charge is 2.19. The average molecular weight is 144 g/mol. The Bertz CT molecular complexity index is 86.7. The number of hydrogen-bond donors (Lipinski definition) is 0. The van der Waals surface area contributed by atoms with Gasteiger partial charge in [0, 0.05) is 0 Å². The van der Waals surface area contributed by atoms with E-state index in [9.17, 15) is 0 Å². The van der Waals surface area contributed by atoms with Crippen molar-refractivity contribution in [2.45, 2.75) is 39.7 Å². The predicted octanol–water partition coefficient (Wildman–Crippen LogP) is 2.27. The van der Waals surface area contributed by atoms with Crippen LogP contribution in [-0.4, -0.2) is 31.2 Å². The van der Waals surface area contributed by atoms with Crippen molar-refractivity contribution in [3.05, 3.63) is 0 Å². The van der Waals surface area contributed by atoms with Crippen molar-refractivity contribution in [1.82, 2.24) is 0 Å². The lowest BCUT2D eigenvalue weighted by molar-refractivity contribution is -0.911. The van der Waals surface area contributed by atoms with Crippen molar-refractivity contribution in [3.63, 3.8) is 0 Å². The minimum absolute atomic E-state index is 0.815. The van der Waals surface area contributed by atoms with Crippen LogP contribution in [0.1, 0.15) is 33.6 Å². The lowest BCUT2D eigenvalue weighted by atomic mass is 10.1. The fourth-order valence-corrected chi connectivity index (χ4v) is 1.08. The highest BCUT2D eigenvalue weighted by Crippen LogP contribution is 2.10. The molecule has 62 valence electrons. The molecule has 0 fully saturated rings. The summed E-state index contributed by atoms with van der Waals surface area (Å²) >= 11 is 0. The maximum Gasteiger partial charge on any atom is 0.0857 e. The molecule has 0 aliphatic rings. The molecule has 0 amide bonds. The van der Waals surface area contributed by atoms with Crippen LogP contribution in [0.3, 0.4) is 0 Å². The van der Waals surface area contributed by atoms with Gasteiger partial charge in [-0.05, 0) is 20.3 Å². The summed E-state index contributed by atoms with van der Waals surface area (Å²) in [5.41, 5.74) is 0. The molecule has 0 aromatic heterocycles. The highest BCUT2D eigenvalue weighted by atomic mass is 15.3. The maximum absolute atomic E-state index is 2.34. The Balaban J connectivity index is 3.78. The van der Waals surface area contributed by atoms with E-state index in [1.54, 1.807) is 0 Å². The molecule has 0 bridgehead atoms. The number of rotatable bonds is 4. The first-order valence-corrected chi connectivity index (χ1v) is 4.37. The second-order valence-electron chi connectivity index (χ2n) is 3.73. The Morgan fingerprint density at radius 2 is 1.70 bits per heavy atom. The molecule has 1 heteroatoms. The van der Waals surface area contributed by atoms with Gasteiger partial charge >= 0.3 is 0 Å². The van der Waals surface area contributed by atoms with E-state index in [0.29, 0.717) is 0 Å². The molecule has 0 aliphatic carbocycles. The first-order chi connectivity index (χ1) is 4.54. The third-order valence-corrected chi connectivity index (χ3v) is 2.71. The molecule has 1 unspecified atom stereocenters. The van der Waals surface area contributed by atoms with Crippen LogP contribution in [0.15, 0.2) is 0 Å². The van der Waals surface area contributed by atoms with Gasteiger partial charge in [-0.25, -0.2) is 0 Å². The molecule has 1 nitrogen and oxygen atoms in total.